The molecule has 1 heterocycles. The van der Waals surface area contributed by atoms with Crippen molar-refractivity contribution in [3.8, 4) is 0 Å². The maximum atomic E-state index is 11.1. The van der Waals surface area contributed by atoms with Gasteiger partial charge in [-0.15, -0.1) is 0 Å². The van der Waals surface area contributed by atoms with E-state index in [4.69, 9.17) is 4.74 Å². The number of alkyl halides is 1. The number of esters is 2. The third kappa shape index (κ3) is 4.99. The second-order valence-electron chi connectivity index (χ2n) is 3.78. The van der Waals surface area contributed by atoms with E-state index in [1.165, 1.54) is 13.0 Å². The average molecular weight is 350 g/mol. The van der Waals surface area contributed by atoms with E-state index in [0.717, 1.165) is 16.4 Å². The quantitative estimate of drug-likeness (QED) is 0.195. The van der Waals surface area contributed by atoms with Crippen LogP contribution in [-0.2, 0) is 19.1 Å². The van der Waals surface area contributed by atoms with E-state index in [1.807, 2.05) is 0 Å². The van der Waals surface area contributed by atoms with Gasteiger partial charge in [-0.2, -0.15) is 0 Å². The van der Waals surface area contributed by atoms with Gasteiger partial charge in [-0.25, -0.2) is 4.79 Å². The zero-order valence-corrected chi connectivity index (χ0v) is 11.8. The lowest BCUT2D eigenvalue weighted by Gasteiger charge is -2.09. The number of carbonyl (C=O) groups is 2. The Hall–Kier alpha value is -0.690. The van der Waals surface area contributed by atoms with E-state index in [9.17, 15) is 9.59 Å². The fraction of sp³-hybridized carbons (Fsp3) is 0.500. The van der Waals surface area contributed by atoms with Crippen molar-refractivity contribution in [2.45, 2.75) is 32.0 Å². The third-order valence-corrected chi connectivity index (χ3v) is 2.94. The summed E-state index contributed by atoms with van der Waals surface area (Å²) in [6, 6.07) is 0. The van der Waals surface area contributed by atoms with Gasteiger partial charge in [0.1, 0.15) is 0 Å². The van der Waals surface area contributed by atoms with Gasteiger partial charge >= 0.3 is 11.9 Å². The molecule has 1 rings (SSSR count). The summed E-state index contributed by atoms with van der Waals surface area (Å²) >= 11 is 2.29. The van der Waals surface area contributed by atoms with Crippen LogP contribution in [-0.4, -0.2) is 28.6 Å². The number of rotatable bonds is 4. The average Bonchev–Trinajstić information content (AvgIpc) is 2.57. The number of halogens is 1. The SMILES string of the molecule is C=C1C[C@H](/C=C/C(=O)OC(C)=O)O[C@H]1CCI. The predicted octanol–water partition coefficient (Wildman–Crippen LogP) is 2.17. The first-order valence-electron chi connectivity index (χ1n) is 5.32. The largest absolute Gasteiger partial charge is 0.390 e. The lowest BCUT2D eigenvalue weighted by molar-refractivity contribution is -0.154. The van der Waals surface area contributed by atoms with Crippen molar-refractivity contribution in [2.24, 2.45) is 0 Å². The molecule has 0 radical (unpaired) electrons. The van der Waals surface area contributed by atoms with Crippen LogP contribution in [0.25, 0.3) is 0 Å². The van der Waals surface area contributed by atoms with Crippen molar-refractivity contribution in [3.63, 3.8) is 0 Å². The maximum Gasteiger partial charge on any atom is 0.338 e. The van der Waals surface area contributed by atoms with Crippen LogP contribution in [0.4, 0.5) is 0 Å². The van der Waals surface area contributed by atoms with Crippen molar-refractivity contribution >= 4 is 34.5 Å². The van der Waals surface area contributed by atoms with Gasteiger partial charge < -0.3 is 9.47 Å². The molecule has 1 fully saturated rings. The summed E-state index contributed by atoms with van der Waals surface area (Å²) < 4.78 is 11.1. The zero-order valence-electron chi connectivity index (χ0n) is 9.65. The second-order valence-corrected chi connectivity index (χ2v) is 4.85. The lowest BCUT2D eigenvalue weighted by Crippen LogP contribution is -2.11. The van der Waals surface area contributed by atoms with E-state index in [-0.39, 0.29) is 12.2 Å². The van der Waals surface area contributed by atoms with Gasteiger partial charge in [0.25, 0.3) is 0 Å². The highest BCUT2D eigenvalue weighted by Gasteiger charge is 2.26. The minimum atomic E-state index is -0.663. The molecule has 0 aromatic carbocycles. The van der Waals surface area contributed by atoms with Crippen LogP contribution in [0, 0.1) is 0 Å². The Bertz CT molecular complexity index is 348. The van der Waals surface area contributed by atoms with Gasteiger partial charge in [0, 0.05) is 23.8 Å². The number of hydrogen-bond acceptors (Lipinski definition) is 4. The summed E-state index contributed by atoms with van der Waals surface area (Å²) in [5.74, 6) is -1.27. The first-order valence-corrected chi connectivity index (χ1v) is 6.85. The normalized spacial score (nSPS) is 24.2. The Morgan fingerprint density at radius 1 is 1.65 bits per heavy atom. The van der Waals surface area contributed by atoms with E-state index in [2.05, 4.69) is 33.9 Å². The second kappa shape index (κ2) is 6.90. The molecule has 1 aliphatic heterocycles. The first kappa shape index (κ1) is 14.4. The summed E-state index contributed by atoms with van der Waals surface area (Å²) in [6.07, 6.45) is 4.42. The molecular formula is C12H15IO4. The topological polar surface area (TPSA) is 52.6 Å². The predicted molar refractivity (Wildman–Crippen MR) is 71.8 cm³/mol. The lowest BCUT2D eigenvalue weighted by atomic mass is 10.1. The highest BCUT2D eigenvalue weighted by Crippen LogP contribution is 2.27. The molecule has 0 unspecified atom stereocenters. The third-order valence-electron chi connectivity index (χ3n) is 2.32. The minimum Gasteiger partial charge on any atom is -0.390 e. The summed E-state index contributed by atoms with van der Waals surface area (Å²) in [6.45, 7) is 5.14. The Kier molecular flexibility index (Phi) is 5.84. The zero-order chi connectivity index (χ0) is 12.8. The van der Waals surface area contributed by atoms with Gasteiger partial charge in [-0.3, -0.25) is 4.79 Å². The van der Waals surface area contributed by atoms with Crippen LogP contribution < -0.4 is 0 Å². The Morgan fingerprint density at radius 3 is 2.94 bits per heavy atom. The summed E-state index contributed by atoms with van der Waals surface area (Å²) in [5, 5.41) is 0. The summed E-state index contributed by atoms with van der Waals surface area (Å²) in [7, 11) is 0. The number of carbonyl (C=O) groups excluding carboxylic acids is 2. The molecule has 1 saturated heterocycles. The van der Waals surface area contributed by atoms with Crippen LogP contribution in [0.2, 0.25) is 0 Å². The van der Waals surface area contributed by atoms with Gasteiger partial charge in [-0.1, -0.05) is 29.2 Å². The molecule has 0 aromatic rings. The van der Waals surface area contributed by atoms with E-state index in [1.54, 1.807) is 6.08 Å². The molecule has 94 valence electrons. The molecule has 4 nitrogen and oxygen atoms in total. The van der Waals surface area contributed by atoms with E-state index in [0.29, 0.717) is 6.42 Å². The summed E-state index contributed by atoms with van der Waals surface area (Å²) in [4.78, 5) is 21.6. The van der Waals surface area contributed by atoms with Crippen molar-refractivity contribution in [2.75, 3.05) is 4.43 Å². The van der Waals surface area contributed by atoms with Gasteiger partial charge in [0.05, 0.1) is 12.2 Å². The molecule has 1 aliphatic rings. The molecule has 17 heavy (non-hydrogen) atoms. The van der Waals surface area contributed by atoms with Gasteiger partial charge in [-0.05, 0) is 18.1 Å². The fourth-order valence-electron chi connectivity index (χ4n) is 1.59. The molecule has 2 atom stereocenters. The Labute approximate surface area is 114 Å². The fourth-order valence-corrected chi connectivity index (χ4v) is 2.16. The standard InChI is InChI=1S/C12H15IO4/c1-8-7-10(17-11(8)5-6-13)3-4-12(15)16-9(2)14/h3-4,10-11H,1,5-7H2,2H3/b4-3+/t10-,11-/m0/s1. The Morgan fingerprint density at radius 2 is 2.35 bits per heavy atom. The first-order chi connectivity index (χ1) is 8.02. The summed E-state index contributed by atoms with van der Waals surface area (Å²) in [5.41, 5.74) is 1.05. The molecular weight excluding hydrogens is 335 g/mol. The highest BCUT2D eigenvalue weighted by atomic mass is 127. The van der Waals surface area contributed by atoms with E-state index >= 15 is 0 Å². The number of hydrogen-bond donors (Lipinski definition) is 0. The molecule has 0 N–H and O–H groups in total. The number of ether oxygens (including phenoxy) is 2. The van der Waals surface area contributed by atoms with Crippen LogP contribution in [0.15, 0.2) is 24.3 Å². The smallest absolute Gasteiger partial charge is 0.338 e. The van der Waals surface area contributed by atoms with Crippen molar-refractivity contribution in [1.29, 1.82) is 0 Å². The van der Waals surface area contributed by atoms with E-state index < -0.39 is 11.9 Å². The van der Waals surface area contributed by atoms with Gasteiger partial charge in [0.2, 0.25) is 0 Å². The van der Waals surface area contributed by atoms with Crippen LogP contribution in [0.3, 0.4) is 0 Å². The minimum absolute atomic E-state index is 0.0744. The van der Waals surface area contributed by atoms with Crippen LogP contribution in [0.1, 0.15) is 19.8 Å². The maximum absolute atomic E-state index is 11.1. The highest BCUT2D eigenvalue weighted by molar-refractivity contribution is 14.1. The van der Waals surface area contributed by atoms with Gasteiger partial charge in [0.15, 0.2) is 0 Å². The molecule has 0 aromatic heterocycles. The molecule has 5 heteroatoms. The molecule has 0 amide bonds. The molecule has 0 spiro atoms. The van der Waals surface area contributed by atoms with Crippen molar-refractivity contribution in [3.05, 3.63) is 24.3 Å². The molecule has 0 saturated carbocycles. The Balaban J connectivity index is 2.43. The van der Waals surface area contributed by atoms with Crippen molar-refractivity contribution in [1.82, 2.24) is 0 Å². The van der Waals surface area contributed by atoms with Crippen LogP contribution >= 0.6 is 22.6 Å². The monoisotopic (exact) mass is 350 g/mol. The molecule has 0 bridgehead atoms. The van der Waals surface area contributed by atoms with Crippen LogP contribution in [0.5, 0.6) is 0 Å². The van der Waals surface area contributed by atoms with Crippen molar-refractivity contribution < 1.29 is 19.1 Å². The molecule has 0 aliphatic carbocycles.